The van der Waals surface area contributed by atoms with Gasteiger partial charge in [0.15, 0.2) is 11.5 Å². The summed E-state index contributed by atoms with van der Waals surface area (Å²) >= 11 is 0. The molecule has 0 saturated carbocycles. The molecular weight excluding hydrogens is 330 g/mol. The van der Waals surface area contributed by atoms with Crippen molar-refractivity contribution in [2.75, 3.05) is 13.2 Å². The lowest BCUT2D eigenvalue weighted by Gasteiger charge is -2.21. The largest absolute Gasteiger partial charge is 0.507 e. The zero-order valence-corrected chi connectivity index (χ0v) is 14.4. The summed E-state index contributed by atoms with van der Waals surface area (Å²) in [6.07, 6.45) is 0. The number of rotatable bonds is 3. The van der Waals surface area contributed by atoms with Crippen molar-refractivity contribution in [2.45, 2.75) is 13.0 Å². The molecule has 0 saturated heterocycles. The Balaban J connectivity index is 1.57. The third-order valence-corrected chi connectivity index (χ3v) is 4.52. The van der Waals surface area contributed by atoms with E-state index >= 15 is 0 Å². The normalized spacial score (nSPS) is 14.0. The molecule has 5 nitrogen and oxygen atoms in total. The van der Waals surface area contributed by atoms with Crippen LogP contribution in [-0.2, 0) is 0 Å². The Morgan fingerprint density at radius 1 is 1.00 bits per heavy atom. The van der Waals surface area contributed by atoms with Crippen LogP contribution in [0, 0.1) is 0 Å². The van der Waals surface area contributed by atoms with Gasteiger partial charge < -0.3 is 19.9 Å². The molecule has 0 radical (unpaired) electrons. The van der Waals surface area contributed by atoms with Crippen molar-refractivity contribution in [3.05, 3.63) is 65.7 Å². The van der Waals surface area contributed by atoms with Gasteiger partial charge in [0.25, 0.3) is 5.91 Å². The Hall–Kier alpha value is -3.21. The van der Waals surface area contributed by atoms with Crippen LogP contribution in [0.5, 0.6) is 17.2 Å². The highest BCUT2D eigenvalue weighted by molar-refractivity contribution is 6.01. The first-order valence-electron chi connectivity index (χ1n) is 8.54. The summed E-state index contributed by atoms with van der Waals surface area (Å²) in [6.45, 7) is 2.95. The zero-order chi connectivity index (χ0) is 18.1. The van der Waals surface area contributed by atoms with Crippen molar-refractivity contribution in [2.24, 2.45) is 0 Å². The van der Waals surface area contributed by atoms with Gasteiger partial charge in [-0.1, -0.05) is 30.3 Å². The van der Waals surface area contributed by atoms with Gasteiger partial charge in [-0.25, -0.2) is 0 Å². The summed E-state index contributed by atoms with van der Waals surface area (Å²) in [5.41, 5.74) is 1.16. The van der Waals surface area contributed by atoms with E-state index in [0.29, 0.717) is 24.7 Å². The summed E-state index contributed by atoms with van der Waals surface area (Å²) in [5.74, 6) is 1.04. The van der Waals surface area contributed by atoms with Crippen LogP contribution < -0.4 is 14.8 Å². The minimum absolute atomic E-state index is 0.0319. The second kappa shape index (κ2) is 6.59. The highest BCUT2D eigenvalue weighted by Gasteiger charge is 2.18. The van der Waals surface area contributed by atoms with Crippen LogP contribution in [0.3, 0.4) is 0 Å². The molecule has 0 aromatic heterocycles. The van der Waals surface area contributed by atoms with E-state index in [1.807, 2.05) is 49.4 Å². The van der Waals surface area contributed by atoms with Crippen molar-refractivity contribution in [1.82, 2.24) is 5.32 Å². The van der Waals surface area contributed by atoms with Crippen LogP contribution in [0.1, 0.15) is 28.9 Å². The first kappa shape index (κ1) is 16.3. The topological polar surface area (TPSA) is 67.8 Å². The fourth-order valence-electron chi connectivity index (χ4n) is 3.10. The molecule has 0 aliphatic carbocycles. The SMILES string of the molecule is CC(NC(=O)c1cc2ccccc2cc1O)c1ccc2c(c1)OCCO2. The van der Waals surface area contributed by atoms with Crippen molar-refractivity contribution >= 4 is 16.7 Å². The Kier molecular flexibility index (Phi) is 4.13. The predicted molar refractivity (Wildman–Crippen MR) is 98.9 cm³/mol. The van der Waals surface area contributed by atoms with Crippen LogP contribution >= 0.6 is 0 Å². The number of aromatic hydroxyl groups is 1. The Labute approximate surface area is 151 Å². The minimum atomic E-state index is -0.323. The van der Waals surface area contributed by atoms with Gasteiger partial charge in [0.2, 0.25) is 0 Å². The molecule has 2 N–H and O–H groups in total. The highest BCUT2D eigenvalue weighted by atomic mass is 16.6. The van der Waals surface area contributed by atoms with E-state index in [-0.39, 0.29) is 23.3 Å². The number of phenolic OH excluding ortho intramolecular Hbond substituents is 1. The Morgan fingerprint density at radius 2 is 1.69 bits per heavy atom. The molecule has 3 aromatic rings. The van der Waals surface area contributed by atoms with Crippen LogP contribution in [-0.4, -0.2) is 24.2 Å². The fraction of sp³-hybridized carbons (Fsp3) is 0.190. The van der Waals surface area contributed by atoms with Gasteiger partial charge >= 0.3 is 0 Å². The number of hydrogen-bond donors (Lipinski definition) is 2. The highest BCUT2D eigenvalue weighted by Crippen LogP contribution is 2.33. The summed E-state index contributed by atoms with van der Waals surface area (Å²) in [6, 6.07) is 16.3. The molecule has 1 aliphatic rings. The number of benzene rings is 3. The molecule has 1 unspecified atom stereocenters. The lowest BCUT2D eigenvalue weighted by molar-refractivity contribution is 0.0937. The van der Waals surface area contributed by atoms with E-state index in [9.17, 15) is 9.90 Å². The lowest BCUT2D eigenvalue weighted by atomic mass is 10.0. The lowest BCUT2D eigenvalue weighted by Crippen LogP contribution is -2.27. The number of nitrogens with one attached hydrogen (secondary N) is 1. The van der Waals surface area contributed by atoms with Crippen LogP contribution in [0.2, 0.25) is 0 Å². The van der Waals surface area contributed by atoms with Crippen LogP contribution in [0.15, 0.2) is 54.6 Å². The third-order valence-electron chi connectivity index (χ3n) is 4.52. The van der Waals surface area contributed by atoms with E-state index in [1.54, 1.807) is 12.1 Å². The number of carbonyl (C=O) groups excluding carboxylic acids is 1. The molecule has 1 amide bonds. The smallest absolute Gasteiger partial charge is 0.255 e. The van der Waals surface area contributed by atoms with E-state index in [2.05, 4.69) is 5.32 Å². The molecule has 26 heavy (non-hydrogen) atoms. The molecule has 5 heteroatoms. The van der Waals surface area contributed by atoms with Gasteiger partial charge in [0, 0.05) is 0 Å². The van der Waals surface area contributed by atoms with Gasteiger partial charge in [0.05, 0.1) is 11.6 Å². The van der Waals surface area contributed by atoms with Crippen molar-refractivity contribution in [1.29, 1.82) is 0 Å². The number of phenols is 1. The van der Waals surface area contributed by atoms with E-state index < -0.39 is 0 Å². The predicted octanol–water partition coefficient (Wildman–Crippen LogP) is 3.81. The van der Waals surface area contributed by atoms with Gasteiger partial charge in [-0.15, -0.1) is 0 Å². The maximum absolute atomic E-state index is 12.7. The van der Waals surface area contributed by atoms with E-state index in [1.165, 1.54) is 0 Å². The van der Waals surface area contributed by atoms with E-state index in [4.69, 9.17) is 9.47 Å². The summed E-state index contributed by atoms with van der Waals surface area (Å²) in [4.78, 5) is 12.7. The van der Waals surface area contributed by atoms with Gasteiger partial charge in [0.1, 0.15) is 19.0 Å². The van der Waals surface area contributed by atoms with Gasteiger partial charge in [-0.3, -0.25) is 4.79 Å². The summed E-state index contributed by atoms with van der Waals surface area (Å²) in [7, 11) is 0. The molecule has 132 valence electrons. The average Bonchev–Trinajstić information content (AvgIpc) is 2.66. The minimum Gasteiger partial charge on any atom is -0.507 e. The van der Waals surface area contributed by atoms with Crippen LogP contribution in [0.25, 0.3) is 10.8 Å². The average molecular weight is 349 g/mol. The number of ether oxygens (including phenoxy) is 2. The molecule has 0 fully saturated rings. The second-order valence-electron chi connectivity index (χ2n) is 6.31. The molecule has 1 heterocycles. The Morgan fingerprint density at radius 3 is 2.46 bits per heavy atom. The summed E-state index contributed by atoms with van der Waals surface area (Å²) < 4.78 is 11.1. The standard InChI is InChI=1S/C21H19NO4/c1-13(14-6-7-19-20(12-14)26-9-8-25-19)22-21(24)17-10-15-4-2-3-5-16(15)11-18(17)23/h2-7,10-13,23H,8-9H2,1H3,(H,22,24). The molecular formula is C21H19NO4. The number of fused-ring (bicyclic) bond motifs is 2. The zero-order valence-electron chi connectivity index (χ0n) is 14.4. The maximum Gasteiger partial charge on any atom is 0.255 e. The monoisotopic (exact) mass is 349 g/mol. The fourth-order valence-corrected chi connectivity index (χ4v) is 3.10. The quantitative estimate of drug-likeness (QED) is 0.755. The van der Waals surface area contributed by atoms with Gasteiger partial charge in [-0.05, 0) is 47.5 Å². The van der Waals surface area contributed by atoms with Gasteiger partial charge in [-0.2, -0.15) is 0 Å². The third kappa shape index (κ3) is 3.04. The molecule has 0 bridgehead atoms. The molecule has 0 spiro atoms. The first-order valence-corrected chi connectivity index (χ1v) is 8.54. The molecule has 1 aliphatic heterocycles. The van der Waals surface area contributed by atoms with Crippen molar-refractivity contribution in [3.63, 3.8) is 0 Å². The molecule has 3 aromatic carbocycles. The molecule has 4 rings (SSSR count). The second-order valence-corrected chi connectivity index (χ2v) is 6.31. The number of hydrogen-bond acceptors (Lipinski definition) is 4. The van der Waals surface area contributed by atoms with Crippen LogP contribution in [0.4, 0.5) is 0 Å². The van der Waals surface area contributed by atoms with Crippen molar-refractivity contribution < 1.29 is 19.4 Å². The number of amides is 1. The summed E-state index contributed by atoms with van der Waals surface area (Å²) in [5, 5.41) is 14.9. The van der Waals surface area contributed by atoms with Crippen molar-refractivity contribution in [3.8, 4) is 17.2 Å². The Bertz CT molecular complexity index is 983. The maximum atomic E-state index is 12.7. The first-order chi connectivity index (χ1) is 12.6. The number of carbonyl (C=O) groups is 1. The van der Waals surface area contributed by atoms with E-state index in [0.717, 1.165) is 16.3 Å². The molecule has 1 atom stereocenters.